The molecule has 0 bridgehead atoms. The molecular weight excluding hydrogens is 270 g/mol. The van der Waals surface area contributed by atoms with Crippen molar-refractivity contribution in [2.45, 2.75) is 38.7 Å². The standard InChI is InChI=1S/C16H21NO4/c1-11(14(18)19)10-12-4-6-13(7-5-12)17-15(20)16(2)8-3-9-21-16/h4-7,11H,3,8-10H2,1-2H3,(H,17,20)(H,18,19). The molecule has 0 saturated carbocycles. The smallest absolute Gasteiger partial charge is 0.306 e. The van der Waals surface area contributed by atoms with Gasteiger partial charge in [-0.2, -0.15) is 0 Å². The van der Waals surface area contributed by atoms with Crippen molar-refractivity contribution < 1.29 is 19.4 Å². The number of rotatable bonds is 5. The van der Waals surface area contributed by atoms with E-state index in [1.165, 1.54) is 0 Å². The topological polar surface area (TPSA) is 75.6 Å². The second-order valence-corrected chi connectivity index (χ2v) is 5.78. The summed E-state index contributed by atoms with van der Waals surface area (Å²) in [4.78, 5) is 23.0. The van der Waals surface area contributed by atoms with Crippen molar-refractivity contribution in [1.29, 1.82) is 0 Å². The molecule has 5 heteroatoms. The van der Waals surface area contributed by atoms with E-state index in [0.29, 0.717) is 18.7 Å². The van der Waals surface area contributed by atoms with E-state index in [1.807, 2.05) is 12.1 Å². The zero-order valence-corrected chi connectivity index (χ0v) is 12.4. The third-order valence-electron chi connectivity index (χ3n) is 3.87. The lowest BCUT2D eigenvalue weighted by Crippen LogP contribution is -2.39. The second kappa shape index (κ2) is 6.26. The molecule has 1 aromatic carbocycles. The van der Waals surface area contributed by atoms with Gasteiger partial charge in [0.05, 0.1) is 5.92 Å². The molecule has 2 N–H and O–H groups in total. The average molecular weight is 291 g/mol. The minimum atomic E-state index is -0.807. The van der Waals surface area contributed by atoms with Crippen LogP contribution in [0.4, 0.5) is 5.69 Å². The summed E-state index contributed by atoms with van der Waals surface area (Å²) in [6.07, 6.45) is 2.10. The van der Waals surface area contributed by atoms with Gasteiger partial charge in [0.2, 0.25) is 0 Å². The van der Waals surface area contributed by atoms with Gasteiger partial charge in [0.25, 0.3) is 5.91 Å². The van der Waals surface area contributed by atoms with Crippen LogP contribution in [0.5, 0.6) is 0 Å². The predicted octanol–water partition coefficient (Wildman–Crippen LogP) is 2.46. The van der Waals surface area contributed by atoms with E-state index < -0.39 is 17.5 Å². The van der Waals surface area contributed by atoms with Gasteiger partial charge in [0.1, 0.15) is 5.60 Å². The van der Waals surface area contributed by atoms with Gasteiger partial charge in [0.15, 0.2) is 0 Å². The number of nitrogens with one attached hydrogen (secondary N) is 1. The van der Waals surface area contributed by atoms with Crippen LogP contribution in [0.25, 0.3) is 0 Å². The Labute approximate surface area is 124 Å². The maximum atomic E-state index is 12.2. The molecule has 1 aromatic rings. The van der Waals surface area contributed by atoms with E-state index in [4.69, 9.17) is 9.84 Å². The summed E-state index contributed by atoms with van der Waals surface area (Å²) in [7, 11) is 0. The largest absolute Gasteiger partial charge is 0.481 e. The Morgan fingerprint density at radius 2 is 2.05 bits per heavy atom. The minimum absolute atomic E-state index is 0.133. The lowest BCUT2D eigenvalue weighted by molar-refractivity contribution is -0.141. The first-order chi connectivity index (χ1) is 9.90. The van der Waals surface area contributed by atoms with Gasteiger partial charge in [-0.15, -0.1) is 0 Å². The van der Waals surface area contributed by atoms with Crippen LogP contribution in [-0.4, -0.2) is 29.2 Å². The molecule has 0 aliphatic carbocycles. The van der Waals surface area contributed by atoms with Crippen LogP contribution in [-0.2, 0) is 20.7 Å². The Bertz CT molecular complexity index is 518. The zero-order valence-electron chi connectivity index (χ0n) is 12.4. The molecular formula is C16H21NO4. The van der Waals surface area contributed by atoms with Gasteiger partial charge >= 0.3 is 5.97 Å². The first-order valence-corrected chi connectivity index (χ1v) is 7.18. The summed E-state index contributed by atoms with van der Waals surface area (Å²) < 4.78 is 5.50. The number of carboxylic acids is 1. The van der Waals surface area contributed by atoms with E-state index in [2.05, 4.69) is 5.32 Å². The average Bonchev–Trinajstić information content (AvgIpc) is 2.89. The highest BCUT2D eigenvalue weighted by molar-refractivity contribution is 5.97. The van der Waals surface area contributed by atoms with Crippen molar-refractivity contribution in [2.24, 2.45) is 5.92 Å². The Morgan fingerprint density at radius 3 is 2.57 bits per heavy atom. The summed E-state index contributed by atoms with van der Waals surface area (Å²) in [6.45, 7) is 4.10. The maximum absolute atomic E-state index is 12.2. The fourth-order valence-electron chi connectivity index (χ4n) is 2.39. The summed E-state index contributed by atoms with van der Waals surface area (Å²) >= 11 is 0. The molecule has 2 rings (SSSR count). The molecule has 21 heavy (non-hydrogen) atoms. The van der Waals surface area contributed by atoms with Crippen LogP contribution in [0.15, 0.2) is 24.3 Å². The molecule has 1 aliphatic heterocycles. The Kier molecular flexibility index (Phi) is 4.63. The molecule has 1 aliphatic rings. The number of aliphatic carboxylic acids is 1. The van der Waals surface area contributed by atoms with Crippen molar-refractivity contribution in [1.82, 2.24) is 0 Å². The Hall–Kier alpha value is -1.88. The highest BCUT2D eigenvalue weighted by Crippen LogP contribution is 2.26. The fraction of sp³-hybridized carbons (Fsp3) is 0.500. The van der Waals surface area contributed by atoms with E-state index in [0.717, 1.165) is 18.4 Å². The lowest BCUT2D eigenvalue weighted by atomic mass is 10.0. The molecule has 0 aromatic heterocycles. The number of hydrogen-bond acceptors (Lipinski definition) is 3. The second-order valence-electron chi connectivity index (χ2n) is 5.78. The monoisotopic (exact) mass is 291 g/mol. The van der Waals surface area contributed by atoms with E-state index in [9.17, 15) is 9.59 Å². The molecule has 2 unspecified atom stereocenters. The van der Waals surface area contributed by atoms with Crippen molar-refractivity contribution >= 4 is 17.6 Å². The van der Waals surface area contributed by atoms with Crippen LogP contribution in [0.3, 0.4) is 0 Å². The fourth-order valence-corrected chi connectivity index (χ4v) is 2.39. The summed E-state index contributed by atoms with van der Waals surface area (Å²) in [5.41, 5.74) is 0.894. The van der Waals surface area contributed by atoms with Gasteiger partial charge in [-0.3, -0.25) is 9.59 Å². The number of carbonyl (C=O) groups excluding carboxylic acids is 1. The predicted molar refractivity (Wildman–Crippen MR) is 79.2 cm³/mol. The molecule has 1 saturated heterocycles. The van der Waals surface area contributed by atoms with Gasteiger partial charge in [-0.1, -0.05) is 19.1 Å². The van der Waals surface area contributed by atoms with Gasteiger partial charge < -0.3 is 15.2 Å². The van der Waals surface area contributed by atoms with E-state index in [-0.39, 0.29) is 5.91 Å². The molecule has 1 amide bonds. The number of benzene rings is 1. The summed E-state index contributed by atoms with van der Waals surface area (Å²) in [5, 5.41) is 11.7. The number of carbonyl (C=O) groups is 2. The summed E-state index contributed by atoms with van der Waals surface area (Å²) in [6, 6.07) is 7.26. The van der Waals surface area contributed by atoms with Crippen LogP contribution < -0.4 is 5.32 Å². The van der Waals surface area contributed by atoms with Crippen molar-refractivity contribution in [3.05, 3.63) is 29.8 Å². The van der Waals surface area contributed by atoms with Crippen LogP contribution in [0.2, 0.25) is 0 Å². The highest BCUT2D eigenvalue weighted by atomic mass is 16.5. The van der Waals surface area contributed by atoms with Gasteiger partial charge in [0, 0.05) is 12.3 Å². The number of hydrogen-bond donors (Lipinski definition) is 2. The zero-order chi connectivity index (χ0) is 15.5. The molecule has 0 spiro atoms. The minimum Gasteiger partial charge on any atom is -0.481 e. The molecule has 114 valence electrons. The van der Waals surface area contributed by atoms with Crippen molar-refractivity contribution in [2.75, 3.05) is 11.9 Å². The van der Waals surface area contributed by atoms with E-state index >= 15 is 0 Å². The number of amides is 1. The Morgan fingerprint density at radius 1 is 1.38 bits per heavy atom. The normalized spacial score (nSPS) is 22.8. The van der Waals surface area contributed by atoms with Crippen LogP contribution in [0.1, 0.15) is 32.3 Å². The highest BCUT2D eigenvalue weighted by Gasteiger charge is 2.37. The quantitative estimate of drug-likeness (QED) is 0.873. The molecule has 2 atom stereocenters. The molecule has 1 fully saturated rings. The molecule has 1 heterocycles. The van der Waals surface area contributed by atoms with Crippen LogP contribution >= 0.6 is 0 Å². The first kappa shape index (κ1) is 15.5. The first-order valence-electron chi connectivity index (χ1n) is 7.18. The number of ether oxygens (including phenoxy) is 1. The maximum Gasteiger partial charge on any atom is 0.306 e. The van der Waals surface area contributed by atoms with Crippen molar-refractivity contribution in [3.63, 3.8) is 0 Å². The third kappa shape index (κ3) is 3.82. The summed E-state index contributed by atoms with van der Waals surface area (Å²) in [5.74, 6) is -1.36. The van der Waals surface area contributed by atoms with Gasteiger partial charge in [-0.05, 0) is 43.9 Å². The number of anilines is 1. The molecule has 0 radical (unpaired) electrons. The van der Waals surface area contributed by atoms with Gasteiger partial charge in [-0.25, -0.2) is 0 Å². The Balaban J connectivity index is 1.96. The van der Waals surface area contributed by atoms with Crippen LogP contribution in [0, 0.1) is 5.92 Å². The van der Waals surface area contributed by atoms with E-state index in [1.54, 1.807) is 26.0 Å². The SMILES string of the molecule is CC(Cc1ccc(NC(=O)C2(C)CCCO2)cc1)C(=O)O. The number of carboxylic acid groups (broad SMARTS) is 1. The van der Waals surface area contributed by atoms with Crippen molar-refractivity contribution in [3.8, 4) is 0 Å². The molecule has 5 nitrogen and oxygen atoms in total. The lowest BCUT2D eigenvalue weighted by Gasteiger charge is -2.22. The third-order valence-corrected chi connectivity index (χ3v) is 3.87.